The number of nitrogens with one attached hydrogen (secondary N) is 1. The van der Waals surface area contributed by atoms with E-state index in [2.05, 4.69) is 8.37 Å². The largest absolute Gasteiger partial charge is 0.479 e. The highest BCUT2D eigenvalue weighted by atomic mass is 32.3. The van der Waals surface area contributed by atoms with Crippen LogP contribution in [0.25, 0.3) is 0 Å². The second-order valence-electron chi connectivity index (χ2n) is 7.86. The molecule has 2 saturated heterocycles. The van der Waals surface area contributed by atoms with E-state index in [0.29, 0.717) is 0 Å². The molecule has 0 amide bonds. The molecule has 2 heterocycles. The van der Waals surface area contributed by atoms with Crippen LogP contribution in [-0.2, 0) is 63.2 Å². The molecule has 2 rings (SSSR count). The fraction of sp³-hybridized carbons (Fsp3) is 0.929. The van der Waals surface area contributed by atoms with Crippen molar-refractivity contribution in [1.82, 2.24) is 4.72 Å². The van der Waals surface area contributed by atoms with Gasteiger partial charge in [-0.3, -0.25) is 13.7 Å². The van der Waals surface area contributed by atoms with Crippen LogP contribution < -0.4 is 10.5 Å². The third kappa shape index (κ3) is 9.97. The van der Waals surface area contributed by atoms with Crippen molar-refractivity contribution in [2.45, 2.75) is 61.3 Å². The van der Waals surface area contributed by atoms with E-state index in [9.17, 15) is 50.5 Å². The van der Waals surface area contributed by atoms with Gasteiger partial charge >= 0.3 is 37.1 Å². The van der Waals surface area contributed by atoms with Crippen molar-refractivity contribution in [2.75, 3.05) is 19.8 Å². The first-order valence-corrected chi connectivity index (χ1v) is 14.5. The molecule has 2 fully saturated rings. The lowest BCUT2D eigenvalue weighted by molar-refractivity contribution is -0.337. The van der Waals surface area contributed by atoms with Crippen LogP contribution in [0.3, 0.4) is 0 Å². The number of carboxylic acid groups (broad SMARTS) is 1. The lowest BCUT2D eigenvalue weighted by Gasteiger charge is -2.46. The molecule has 2 aliphatic rings. The number of ether oxygens (including phenoxy) is 4. The van der Waals surface area contributed by atoms with Crippen molar-refractivity contribution in [3.05, 3.63) is 0 Å². The lowest BCUT2D eigenvalue weighted by atomic mass is 9.96. The predicted octanol–water partition coefficient (Wildman–Crippen LogP) is -6.27. The Labute approximate surface area is 220 Å². The quantitative estimate of drug-likeness (QED) is 0.0846. The summed E-state index contributed by atoms with van der Waals surface area (Å²) in [5, 5.41) is 40.9. The van der Waals surface area contributed by atoms with Gasteiger partial charge in [-0.2, -0.15) is 30.0 Å². The van der Waals surface area contributed by atoms with Crippen molar-refractivity contribution in [1.29, 1.82) is 0 Å². The van der Waals surface area contributed by atoms with Crippen LogP contribution in [0.15, 0.2) is 0 Å². The first kappa shape index (κ1) is 34.0. The van der Waals surface area contributed by atoms with E-state index >= 15 is 0 Å². The highest BCUT2D eigenvalue weighted by molar-refractivity contribution is 7.83. The summed E-state index contributed by atoms with van der Waals surface area (Å²) in [5.74, 6) is -1.90. The van der Waals surface area contributed by atoms with Gasteiger partial charge in [-0.25, -0.2) is 13.2 Å². The summed E-state index contributed by atoms with van der Waals surface area (Å²) in [5.41, 5.74) is 5.26. The van der Waals surface area contributed by atoms with Crippen molar-refractivity contribution in [2.24, 2.45) is 5.73 Å². The van der Waals surface area contributed by atoms with Gasteiger partial charge in [0, 0.05) is 6.54 Å². The molecule has 230 valence electrons. The van der Waals surface area contributed by atoms with E-state index in [1.54, 1.807) is 0 Å². The predicted molar refractivity (Wildman–Crippen MR) is 115 cm³/mol. The Morgan fingerprint density at radius 2 is 1.49 bits per heavy atom. The summed E-state index contributed by atoms with van der Waals surface area (Å²) in [6, 6.07) is -2.22. The number of rotatable bonds is 13. The van der Waals surface area contributed by atoms with Crippen molar-refractivity contribution >= 4 is 37.1 Å². The van der Waals surface area contributed by atoms with Crippen LogP contribution in [0.2, 0.25) is 0 Å². The molecule has 0 unspecified atom stereocenters. The molecular weight excluding hydrogens is 612 g/mol. The van der Waals surface area contributed by atoms with Gasteiger partial charge in [0.05, 0.1) is 13.2 Å². The van der Waals surface area contributed by atoms with Gasteiger partial charge in [-0.1, -0.05) is 0 Å². The Hall–Kier alpha value is -1.24. The average Bonchev–Trinajstić information content (AvgIpc) is 2.77. The number of carbonyl (C=O) groups is 1. The first-order chi connectivity index (χ1) is 17.7. The van der Waals surface area contributed by atoms with Crippen molar-refractivity contribution in [3.63, 3.8) is 0 Å². The Kier molecular flexibility index (Phi) is 11.5. The third-order valence-electron chi connectivity index (χ3n) is 5.06. The maximum atomic E-state index is 11.9. The summed E-state index contributed by atoms with van der Waals surface area (Å²) in [6.45, 7) is -1.84. The topological polar surface area (TPSA) is 355 Å². The summed E-state index contributed by atoms with van der Waals surface area (Å²) in [7, 11) is -15.7. The van der Waals surface area contributed by atoms with Crippen molar-refractivity contribution in [3.8, 4) is 0 Å². The smallest absolute Gasteiger partial charge is 0.397 e. The van der Waals surface area contributed by atoms with Crippen LogP contribution in [-0.4, -0.2) is 146 Å². The van der Waals surface area contributed by atoms with Crippen LogP contribution in [0.1, 0.15) is 0 Å². The van der Waals surface area contributed by atoms with Crippen LogP contribution in [0, 0.1) is 0 Å². The fourth-order valence-electron chi connectivity index (χ4n) is 3.53. The third-order valence-corrected chi connectivity index (χ3v) is 6.52. The van der Waals surface area contributed by atoms with Gasteiger partial charge in [0.1, 0.15) is 36.6 Å². The van der Waals surface area contributed by atoms with E-state index in [1.165, 1.54) is 4.72 Å². The SMILES string of the molecule is NCCO[C@@H]1O[C@@H](C(=O)O)[C@@H](O[C@H]2O[C@H](COS(=O)(=O)O)[C@@H](O)[C@H](O)[C@H]2NS(=O)(=O)O)[C@H](O)[C@H]1OS(=O)(=O)O. The molecule has 22 nitrogen and oxygen atoms in total. The lowest BCUT2D eigenvalue weighted by Crippen LogP contribution is -2.68. The van der Waals surface area contributed by atoms with Gasteiger partial charge in [-0.05, 0) is 0 Å². The van der Waals surface area contributed by atoms with Gasteiger partial charge in [0.25, 0.3) is 0 Å². The average molecular weight is 639 g/mol. The molecular formula is C14H26N2O20S3. The second kappa shape index (κ2) is 13.2. The monoisotopic (exact) mass is 638 g/mol. The minimum Gasteiger partial charge on any atom is -0.479 e. The van der Waals surface area contributed by atoms with Crippen molar-refractivity contribution < 1.29 is 91.4 Å². The Balaban J connectivity index is 2.47. The summed E-state index contributed by atoms with van der Waals surface area (Å²) < 4.78 is 124. The number of aliphatic carboxylic acids is 1. The van der Waals surface area contributed by atoms with Crippen LogP contribution >= 0.6 is 0 Å². The van der Waals surface area contributed by atoms with E-state index < -0.39 is 112 Å². The standard InChI is InChI=1S/C14H26N2O20S3/c15-1-2-31-14-10(36-39(28,29)30)8(19)9(11(35-14)12(20)21)34-13-5(16-37(22,23)24)7(18)6(17)4(33-13)3-32-38(25,26)27/h4-11,13-14,16-19H,1-3,15H2,(H,20,21)(H,22,23,24)(H,25,26,27)(H,28,29,30)/t4-,5-,6-,7-,8+,9+,10-,11-,13-,14-/m1/s1. The van der Waals surface area contributed by atoms with Gasteiger partial charge in [-0.15, -0.1) is 0 Å². The normalized spacial score (nSPS) is 36.5. The molecule has 0 bridgehead atoms. The molecule has 0 aliphatic carbocycles. The number of nitrogens with two attached hydrogens (primary N) is 1. The Morgan fingerprint density at radius 1 is 0.872 bits per heavy atom. The minimum atomic E-state index is -5.37. The molecule has 0 radical (unpaired) electrons. The molecule has 39 heavy (non-hydrogen) atoms. The highest BCUT2D eigenvalue weighted by Gasteiger charge is 2.55. The zero-order chi connectivity index (χ0) is 29.9. The molecule has 0 aromatic heterocycles. The molecule has 0 aromatic rings. The maximum Gasteiger partial charge on any atom is 0.397 e. The summed E-state index contributed by atoms with van der Waals surface area (Å²) >= 11 is 0. The van der Waals surface area contributed by atoms with Gasteiger partial charge < -0.3 is 45.1 Å². The number of carboxylic acids is 1. The molecule has 10 atom stereocenters. The molecule has 0 aromatic carbocycles. The molecule has 2 aliphatic heterocycles. The zero-order valence-electron chi connectivity index (χ0n) is 19.1. The second-order valence-corrected chi connectivity index (χ2v) is 11.2. The van der Waals surface area contributed by atoms with E-state index in [1.807, 2.05) is 0 Å². The molecule has 0 spiro atoms. The van der Waals surface area contributed by atoms with Crippen LogP contribution in [0.5, 0.6) is 0 Å². The number of hydrogen-bond acceptors (Lipinski definition) is 17. The fourth-order valence-corrected chi connectivity index (χ4v) is 4.91. The van der Waals surface area contributed by atoms with Crippen LogP contribution in [0.4, 0.5) is 0 Å². The first-order valence-electron chi connectivity index (χ1n) is 10.3. The highest BCUT2D eigenvalue weighted by Crippen LogP contribution is 2.32. The maximum absolute atomic E-state index is 11.9. The van der Waals surface area contributed by atoms with E-state index in [0.717, 1.165) is 0 Å². The van der Waals surface area contributed by atoms with E-state index in [4.69, 9.17) is 38.3 Å². The van der Waals surface area contributed by atoms with Gasteiger partial charge in [0.2, 0.25) is 0 Å². The number of hydrogen-bond donors (Lipinski definition) is 9. The summed E-state index contributed by atoms with van der Waals surface area (Å²) in [6.07, 6.45) is -20.1. The zero-order valence-corrected chi connectivity index (χ0v) is 21.6. The number of aliphatic hydroxyl groups excluding tert-OH is 3. The Morgan fingerprint density at radius 3 is 1.97 bits per heavy atom. The van der Waals surface area contributed by atoms with Gasteiger partial charge in [0.15, 0.2) is 24.8 Å². The molecule has 0 saturated carbocycles. The summed E-state index contributed by atoms with van der Waals surface area (Å²) in [4.78, 5) is 11.9. The number of aliphatic hydroxyl groups is 3. The van der Waals surface area contributed by atoms with E-state index in [-0.39, 0.29) is 6.54 Å². The minimum absolute atomic E-state index is 0.210. The molecule has 10 N–H and O–H groups in total. The Bertz CT molecular complexity index is 1160. The molecule has 25 heteroatoms.